The highest BCUT2D eigenvalue weighted by Crippen LogP contribution is 2.28. The van der Waals surface area contributed by atoms with Gasteiger partial charge in [-0.2, -0.15) is 0 Å². The van der Waals surface area contributed by atoms with Crippen molar-refractivity contribution in [1.82, 2.24) is 10.3 Å². The van der Waals surface area contributed by atoms with Crippen molar-refractivity contribution in [2.24, 2.45) is 0 Å². The quantitative estimate of drug-likeness (QED) is 0.831. The van der Waals surface area contributed by atoms with Crippen molar-refractivity contribution in [3.63, 3.8) is 0 Å². The second-order valence-electron chi connectivity index (χ2n) is 3.87. The maximum absolute atomic E-state index is 10.9. The number of hydrogen-bond donors (Lipinski definition) is 1. The largest absolute Gasteiger partial charge is 0.308 e. The summed E-state index contributed by atoms with van der Waals surface area (Å²) in [5.41, 5.74) is 2.53. The minimum atomic E-state index is -0.706. The molecule has 15 heavy (non-hydrogen) atoms. The Morgan fingerprint density at radius 2 is 2.53 bits per heavy atom. The zero-order valence-electron chi connectivity index (χ0n) is 8.90. The predicted octanol–water partition coefficient (Wildman–Crippen LogP) is 1.04. The van der Waals surface area contributed by atoms with Crippen LogP contribution in [0.1, 0.15) is 23.7 Å². The van der Waals surface area contributed by atoms with Crippen molar-refractivity contribution in [3.8, 4) is 0 Å². The van der Waals surface area contributed by atoms with Gasteiger partial charge in [-0.05, 0) is 24.5 Å². The van der Waals surface area contributed by atoms with Gasteiger partial charge in [-0.3, -0.25) is 9.19 Å². The lowest BCUT2D eigenvalue weighted by Gasteiger charge is -2.11. The lowest BCUT2D eigenvalue weighted by molar-refractivity contribution is 0.540. The molecule has 82 valence electrons. The minimum absolute atomic E-state index is 0.366. The number of aryl methyl sites for hydroxylation is 1. The predicted molar refractivity (Wildman–Crippen MR) is 62.2 cm³/mol. The average Bonchev–Trinajstić information content (AvgIpc) is 2.62. The van der Waals surface area contributed by atoms with E-state index in [4.69, 9.17) is 0 Å². The van der Waals surface area contributed by atoms with Gasteiger partial charge in [0.05, 0.1) is 11.7 Å². The zero-order chi connectivity index (χ0) is 10.7. The molecule has 1 heterocycles. The number of nitrogens with zero attached hydrogens (tertiary/aromatic N) is 1. The third kappa shape index (κ3) is 2.63. The van der Waals surface area contributed by atoms with Gasteiger partial charge >= 0.3 is 0 Å². The molecule has 0 amide bonds. The van der Waals surface area contributed by atoms with E-state index in [1.54, 1.807) is 6.26 Å². The number of nitrogens with one attached hydrogen (secondary N) is 1. The van der Waals surface area contributed by atoms with Crippen LogP contribution in [0.25, 0.3) is 0 Å². The molecule has 0 fully saturated rings. The first-order valence-electron chi connectivity index (χ1n) is 5.24. The van der Waals surface area contributed by atoms with Crippen LogP contribution in [0.5, 0.6) is 0 Å². The van der Waals surface area contributed by atoms with E-state index in [1.165, 1.54) is 11.3 Å². The summed E-state index contributed by atoms with van der Waals surface area (Å²) in [6, 6.07) is 4.49. The second-order valence-corrected chi connectivity index (χ2v) is 5.43. The highest BCUT2D eigenvalue weighted by atomic mass is 32.2. The molecule has 4 heteroatoms. The maximum Gasteiger partial charge on any atom is 0.0605 e. The zero-order valence-corrected chi connectivity index (χ0v) is 9.72. The van der Waals surface area contributed by atoms with Crippen LogP contribution in [0.3, 0.4) is 0 Å². The van der Waals surface area contributed by atoms with E-state index in [1.807, 2.05) is 12.3 Å². The minimum Gasteiger partial charge on any atom is -0.308 e. The average molecular weight is 224 g/mol. The molecule has 2 rings (SSSR count). The van der Waals surface area contributed by atoms with Crippen LogP contribution >= 0.6 is 0 Å². The normalized spacial score (nSPS) is 21.3. The number of aromatic nitrogens is 1. The molecule has 1 aromatic rings. The fourth-order valence-corrected chi connectivity index (χ4v) is 2.39. The van der Waals surface area contributed by atoms with Crippen LogP contribution in [-0.4, -0.2) is 27.7 Å². The number of rotatable bonds is 4. The Morgan fingerprint density at radius 1 is 1.67 bits per heavy atom. The van der Waals surface area contributed by atoms with E-state index in [0.29, 0.717) is 6.04 Å². The standard InChI is InChI=1S/C11H16N2OS/c1-15(14)8-7-12-10-5-4-9-3-2-6-13-11(9)10/h2-3,6,10,12H,4-5,7-8H2,1H3. The highest BCUT2D eigenvalue weighted by Gasteiger charge is 2.22. The molecule has 2 unspecified atom stereocenters. The fourth-order valence-electron chi connectivity index (χ4n) is 1.99. The summed E-state index contributed by atoms with van der Waals surface area (Å²) in [7, 11) is -0.706. The Balaban J connectivity index is 1.93. The van der Waals surface area contributed by atoms with Gasteiger partial charge in [0.25, 0.3) is 0 Å². The van der Waals surface area contributed by atoms with Gasteiger partial charge in [0.2, 0.25) is 0 Å². The van der Waals surface area contributed by atoms with Gasteiger partial charge < -0.3 is 5.32 Å². The topological polar surface area (TPSA) is 42.0 Å². The van der Waals surface area contributed by atoms with Gasteiger partial charge in [0.1, 0.15) is 0 Å². The first kappa shape index (κ1) is 10.8. The Labute approximate surface area is 92.8 Å². The fraction of sp³-hybridized carbons (Fsp3) is 0.545. The molecular formula is C11H16N2OS. The Morgan fingerprint density at radius 3 is 3.33 bits per heavy atom. The number of fused-ring (bicyclic) bond motifs is 1. The molecule has 1 N–H and O–H groups in total. The Hall–Kier alpha value is -0.740. The van der Waals surface area contributed by atoms with Gasteiger partial charge in [0, 0.05) is 35.5 Å². The van der Waals surface area contributed by atoms with E-state index < -0.39 is 10.8 Å². The highest BCUT2D eigenvalue weighted by molar-refractivity contribution is 7.84. The van der Waals surface area contributed by atoms with E-state index in [2.05, 4.69) is 16.4 Å². The molecule has 0 saturated carbocycles. The monoisotopic (exact) mass is 224 g/mol. The van der Waals surface area contributed by atoms with Crippen LogP contribution < -0.4 is 5.32 Å². The van der Waals surface area contributed by atoms with Crippen molar-refractivity contribution in [3.05, 3.63) is 29.6 Å². The third-order valence-corrected chi connectivity index (χ3v) is 3.52. The van der Waals surface area contributed by atoms with E-state index >= 15 is 0 Å². The van der Waals surface area contributed by atoms with Crippen LogP contribution in [0.2, 0.25) is 0 Å². The van der Waals surface area contributed by atoms with E-state index in [9.17, 15) is 4.21 Å². The summed E-state index contributed by atoms with van der Waals surface area (Å²) in [5.74, 6) is 0.721. The molecule has 0 aromatic carbocycles. The summed E-state index contributed by atoms with van der Waals surface area (Å²) in [4.78, 5) is 4.40. The first-order chi connectivity index (χ1) is 7.27. The number of pyridine rings is 1. The molecule has 0 bridgehead atoms. The summed E-state index contributed by atoms with van der Waals surface area (Å²) >= 11 is 0. The van der Waals surface area contributed by atoms with Crippen molar-refractivity contribution in [2.45, 2.75) is 18.9 Å². The molecule has 0 radical (unpaired) electrons. The molecule has 1 aliphatic carbocycles. The smallest absolute Gasteiger partial charge is 0.0605 e. The van der Waals surface area contributed by atoms with Crippen molar-refractivity contribution in [2.75, 3.05) is 18.6 Å². The Bertz CT molecular complexity index is 367. The van der Waals surface area contributed by atoms with Crippen molar-refractivity contribution in [1.29, 1.82) is 0 Å². The van der Waals surface area contributed by atoms with Crippen molar-refractivity contribution < 1.29 is 4.21 Å². The molecular weight excluding hydrogens is 208 g/mol. The summed E-state index contributed by atoms with van der Waals surface area (Å²) < 4.78 is 10.9. The lowest BCUT2D eigenvalue weighted by Crippen LogP contribution is -2.24. The van der Waals surface area contributed by atoms with Gasteiger partial charge in [-0.1, -0.05) is 6.07 Å². The van der Waals surface area contributed by atoms with Crippen LogP contribution in [0, 0.1) is 0 Å². The summed E-state index contributed by atoms with van der Waals surface area (Å²) in [6.45, 7) is 0.809. The lowest BCUT2D eigenvalue weighted by atomic mass is 10.2. The van der Waals surface area contributed by atoms with E-state index in [-0.39, 0.29) is 0 Å². The first-order valence-corrected chi connectivity index (χ1v) is 6.97. The van der Waals surface area contributed by atoms with E-state index in [0.717, 1.165) is 25.1 Å². The maximum atomic E-state index is 10.9. The molecule has 1 aromatic heterocycles. The molecule has 0 aliphatic heterocycles. The van der Waals surface area contributed by atoms with Crippen LogP contribution in [-0.2, 0) is 17.2 Å². The molecule has 0 saturated heterocycles. The number of hydrogen-bond acceptors (Lipinski definition) is 3. The van der Waals surface area contributed by atoms with Crippen LogP contribution in [0.15, 0.2) is 18.3 Å². The SMILES string of the molecule is CS(=O)CCNC1CCc2cccnc21. The third-order valence-electron chi connectivity index (χ3n) is 2.74. The van der Waals surface area contributed by atoms with Crippen LogP contribution in [0.4, 0.5) is 0 Å². The van der Waals surface area contributed by atoms with Gasteiger partial charge in [-0.15, -0.1) is 0 Å². The molecule has 1 aliphatic rings. The summed E-state index contributed by atoms with van der Waals surface area (Å²) in [6.07, 6.45) is 5.80. The second kappa shape index (κ2) is 4.86. The molecule has 3 nitrogen and oxygen atoms in total. The molecule has 2 atom stereocenters. The van der Waals surface area contributed by atoms with Gasteiger partial charge in [-0.25, -0.2) is 0 Å². The molecule has 0 spiro atoms. The summed E-state index contributed by atoms with van der Waals surface area (Å²) in [5, 5.41) is 3.41. The van der Waals surface area contributed by atoms with Crippen molar-refractivity contribution >= 4 is 10.8 Å². The van der Waals surface area contributed by atoms with Gasteiger partial charge in [0.15, 0.2) is 0 Å². The Kier molecular flexibility index (Phi) is 3.49.